The highest BCUT2D eigenvalue weighted by Gasteiger charge is 2.33. The molecule has 2 aliphatic rings. The molecular formula is C30H33FN6O3. The number of anilines is 1. The monoisotopic (exact) mass is 544 g/mol. The number of ether oxygens (including phenoxy) is 3. The Morgan fingerprint density at radius 1 is 1.02 bits per heavy atom. The highest BCUT2D eigenvalue weighted by atomic mass is 19.1. The van der Waals surface area contributed by atoms with Crippen molar-refractivity contribution >= 4 is 28.7 Å². The molecule has 2 aromatic heterocycles. The van der Waals surface area contributed by atoms with Crippen molar-refractivity contribution in [1.29, 1.82) is 0 Å². The summed E-state index contributed by atoms with van der Waals surface area (Å²) in [5, 5.41) is 8.91. The molecule has 208 valence electrons. The molecular weight excluding hydrogens is 511 g/mol. The lowest BCUT2D eigenvalue weighted by molar-refractivity contribution is 0.266. The van der Waals surface area contributed by atoms with E-state index in [-0.39, 0.29) is 5.92 Å². The molecule has 1 N–H and O–H groups in total. The number of nitrogens with zero attached hydrogens (tertiary/aromatic N) is 5. The number of aliphatic imine (C=N–C) groups is 1. The van der Waals surface area contributed by atoms with E-state index in [9.17, 15) is 4.39 Å². The van der Waals surface area contributed by atoms with Crippen LogP contribution in [0.2, 0.25) is 0 Å². The number of allylic oxidation sites excluding steroid dienone is 1. The minimum absolute atomic E-state index is 0.177. The first kappa shape index (κ1) is 26.0. The lowest BCUT2D eigenvalue weighted by Crippen LogP contribution is -2.24. The summed E-state index contributed by atoms with van der Waals surface area (Å²) in [5.74, 6) is 3.72. The molecule has 1 saturated carbocycles. The second-order valence-electron chi connectivity index (χ2n) is 10.5. The Kier molecular flexibility index (Phi) is 7.00. The van der Waals surface area contributed by atoms with Crippen LogP contribution < -0.4 is 19.5 Å². The topological polar surface area (TPSA) is 95.2 Å². The van der Waals surface area contributed by atoms with E-state index in [1.54, 1.807) is 18.7 Å². The van der Waals surface area contributed by atoms with Crippen LogP contribution in [0, 0.1) is 17.7 Å². The largest absolute Gasteiger partial charge is 0.497 e. The lowest BCUT2D eigenvalue weighted by Gasteiger charge is -2.33. The average molecular weight is 545 g/mol. The molecule has 3 heterocycles. The van der Waals surface area contributed by atoms with Gasteiger partial charge in [0.25, 0.3) is 0 Å². The van der Waals surface area contributed by atoms with E-state index >= 15 is 0 Å². The van der Waals surface area contributed by atoms with Crippen LogP contribution in [0.5, 0.6) is 17.2 Å². The zero-order valence-electron chi connectivity index (χ0n) is 23.1. The van der Waals surface area contributed by atoms with Gasteiger partial charge >= 0.3 is 0 Å². The molecule has 40 heavy (non-hydrogen) atoms. The molecule has 1 aliphatic carbocycles. The third-order valence-corrected chi connectivity index (χ3v) is 8.14. The van der Waals surface area contributed by atoms with E-state index in [2.05, 4.69) is 23.3 Å². The van der Waals surface area contributed by atoms with Gasteiger partial charge in [-0.05, 0) is 54.9 Å². The standard InChI is InChI=1S/C30H33FN6O3/c1-17-5-6-18(11-23(17)19-9-10-32-15-19)28-35-29-24-12-21(31)13-26(40-4)27(24)34-30(37(29)36-28)33-16-20-7-8-22(38-2)14-25(20)39-3/h7-9,12-15,17-18,23H,5-6,10-11,16H2,1-4H3,(H,33,34). The number of rotatable bonds is 8. The van der Waals surface area contributed by atoms with Crippen molar-refractivity contribution in [3.05, 3.63) is 59.2 Å². The first-order chi connectivity index (χ1) is 19.5. The van der Waals surface area contributed by atoms with E-state index in [1.165, 1.54) is 24.8 Å². The van der Waals surface area contributed by atoms with Crippen LogP contribution in [0.25, 0.3) is 16.6 Å². The van der Waals surface area contributed by atoms with Crippen molar-refractivity contribution in [2.45, 2.75) is 38.6 Å². The second-order valence-corrected chi connectivity index (χ2v) is 10.5. The Hall–Kier alpha value is -4.21. The molecule has 3 unspecified atom stereocenters. The smallest absolute Gasteiger partial charge is 0.226 e. The van der Waals surface area contributed by atoms with E-state index in [1.807, 2.05) is 24.4 Å². The minimum atomic E-state index is -0.416. The number of hydrogen-bond donors (Lipinski definition) is 1. The summed E-state index contributed by atoms with van der Waals surface area (Å²) in [5.41, 5.74) is 3.29. The average Bonchev–Trinajstić information content (AvgIpc) is 3.67. The highest BCUT2D eigenvalue weighted by Crippen LogP contribution is 2.42. The number of benzene rings is 2. The van der Waals surface area contributed by atoms with E-state index in [0.29, 0.717) is 58.1 Å². The normalized spacial score (nSPS) is 20.6. The van der Waals surface area contributed by atoms with Crippen molar-refractivity contribution in [3.8, 4) is 17.2 Å². The van der Waals surface area contributed by atoms with E-state index in [0.717, 1.165) is 37.2 Å². The Balaban J connectivity index is 1.41. The van der Waals surface area contributed by atoms with Gasteiger partial charge in [0.15, 0.2) is 11.5 Å². The van der Waals surface area contributed by atoms with Gasteiger partial charge < -0.3 is 19.5 Å². The maximum atomic E-state index is 14.6. The molecule has 9 nitrogen and oxygen atoms in total. The molecule has 1 aliphatic heterocycles. The van der Waals surface area contributed by atoms with Gasteiger partial charge in [0.1, 0.15) is 28.6 Å². The third kappa shape index (κ3) is 4.71. The molecule has 3 atom stereocenters. The van der Waals surface area contributed by atoms with Crippen molar-refractivity contribution < 1.29 is 18.6 Å². The fraction of sp³-hybridized carbons (Fsp3) is 0.400. The predicted octanol–water partition coefficient (Wildman–Crippen LogP) is 5.59. The molecule has 4 aromatic rings. The van der Waals surface area contributed by atoms with E-state index < -0.39 is 5.82 Å². The quantitative estimate of drug-likeness (QED) is 0.309. The molecule has 10 heteroatoms. The van der Waals surface area contributed by atoms with Crippen molar-refractivity contribution in [1.82, 2.24) is 19.6 Å². The SMILES string of the molecule is COc1ccc(CNc2nc3c(OC)cc(F)cc3c3nc(C4CCC(C)C(C5=CCN=C5)C4)nn23)c(OC)c1. The van der Waals surface area contributed by atoms with Crippen LogP contribution in [0.1, 0.15) is 43.5 Å². The van der Waals surface area contributed by atoms with Gasteiger partial charge in [-0.15, -0.1) is 5.10 Å². The summed E-state index contributed by atoms with van der Waals surface area (Å²) in [6.07, 6.45) is 7.27. The molecule has 2 aromatic carbocycles. The second kappa shape index (κ2) is 10.7. The maximum absolute atomic E-state index is 14.6. The summed E-state index contributed by atoms with van der Waals surface area (Å²) in [7, 11) is 4.75. The van der Waals surface area contributed by atoms with Crippen LogP contribution >= 0.6 is 0 Å². The number of methoxy groups -OCH3 is 3. The van der Waals surface area contributed by atoms with Crippen molar-refractivity contribution in [2.24, 2.45) is 16.8 Å². The third-order valence-electron chi connectivity index (χ3n) is 8.14. The molecule has 0 bridgehead atoms. The lowest BCUT2D eigenvalue weighted by atomic mass is 9.71. The maximum Gasteiger partial charge on any atom is 0.226 e. The fourth-order valence-electron chi connectivity index (χ4n) is 5.92. The number of nitrogens with one attached hydrogen (secondary N) is 1. The molecule has 1 fully saturated rings. The number of fused-ring (bicyclic) bond motifs is 3. The van der Waals surface area contributed by atoms with Crippen LogP contribution in [-0.4, -0.2) is 53.7 Å². The summed E-state index contributed by atoms with van der Waals surface area (Å²) < 4.78 is 32.7. The van der Waals surface area contributed by atoms with Crippen LogP contribution in [0.4, 0.5) is 10.3 Å². The fourth-order valence-corrected chi connectivity index (χ4v) is 5.92. The molecule has 0 radical (unpaired) electrons. The van der Waals surface area contributed by atoms with Gasteiger partial charge in [-0.3, -0.25) is 4.99 Å². The summed E-state index contributed by atoms with van der Waals surface area (Å²) in [4.78, 5) is 14.2. The first-order valence-corrected chi connectivity index (χ1v) is 13.6. The van der Waals surface area contributed by atoms with Crippen LogP contribution in [-0.2, 0) is 6.54 Å². The summed E-state index contributed by atoms with van der Waals surface area (Å²) in [6.45, 7) is 3.48. The molecule has 0 spiro atoms. The van der Waals surface area contributed by atoms with Crippen molar-refractivity contribution in [2.75, 3.05) is 33.2 Å². The first-order valence-electron chi connectivity index (χ1n) is 13.6. The van der Waals surface area contributed by atoms with Gasteiger partial charge in [-0.1, -0.05) is 13.0 Å². The zero-order chi connectivity index (χ0) is 27.8. The molecule has 0 amide bonds. The predicted molar refractivity (Wildman–Crippen MR) is 152 cm³/mol. The number of halogens is 1. The van der Waals surface area contributed by atoms with Gasteiger partial charge in [-0.25, -0.2) is 14.4 Å². The Labute approximate surface area is 232 Å². The van der Waals surface area contributed by atoms with Crippen LogP contribution in [0.3, 0.4) is 0 Å². The van der Waals surface area contributed by atoms with E-state index in [4.69, 9.17) is 29.3 Å². The molecule has 6 rings (SSSR count). The Morgan fingerprint density at radius 2 is 1.88 bits per heavy atom. The van der Waals surface area contributed by atoms with Gasteiger partial charge in [0, 0.05) is 36.4 Å². The zero-order valence-corrected chi connectivity index (χ0v) is 23.1. The Morgan fingerprint density at radius 3 is 2.62 bits per heavy atom. The van der Waals surface area contributed by atoms with Gasteiger partial charge in [0.2, 0.25) is 5.95 Å². The summed E-state index contributed by atoms with van der Waals surface area (Å²) >= 11 is 0. The van der Waals surface area contributed by atoms with Crippen molar-refractivity contribution in [3.63, 3.8) is 0 Å². The van der Waals surface area contributed by atoms with Gasteiger partial charge in [0.05, 0.1) is 33.3 Å². The van der Waals surface area contributed by atoms with Gasteiger partial charge in [-0.2, -0.15) is 4.52 Å². The number of aromatic nitrogens is 4. The highest BCUT2D eigenvalue weighted by molar-refractivity contribution is 5.96. The minimum Gasteiger partial charge on any atom is -0.497 e. The number of hydrogen-bond acceptors (Lipinski definition) is 8. The molecule has 0 saturated heterocycles. The summed E-state index contributed by atoms with van der Waals surface area (Å²) in [6, 6.07) is 8.44. The van der Waals surface area contributed by atoms with Crippen LogP contribution in [0.15, 0.2) is 47.0 Å². The Bertz CT molecular complexity index is 1630.